The number of hydrogen-bond acceptors (Lipinski definition) is 5. The van der Waals surface area contributed by atoms with Crippen LogP contribution >= 0.6 is 0 Å². The highest BCUT2D eigenvalue weighted by atomic mass is 16.5. The van der Waals surface area contributed by atoms with Gasteiger partial charge in [0.1, 0.15) is 5.75 Å². The van der Waals surface area contributed by atoms with Gasteiger partial charge in [0.25, 0.3) is 0 Å². The average molecular weight is 354 g/mol. The van der Waals surface area contributed by atoms with Crippen LogP contribution < -0.4 is 9.47 Å². The van der Waals surface area contributed by atoms with Crippen LogP contribution in [0.25, 0.3) is 0 Å². The third kappa shape index (κ3) is 4.41. The van der Waals surface area contributed by atoms with Crippen molar-refractivity contribution < 1.29 is 14.3 Å². The Kier molecular flexibility index (Phi) is 6.23. The molecular formula is C21H26N2O3. The first-order chi connectivity index (χ1) is 12.7. The predicted octanol–water partition coefficient (Wildman–Crippen LogP) is 3.58. The van der Waals surface area contributed by atoms with E-state index in [0.29, 0.717) is 29.5 Å². The fourth-order valence-electron chi connectivity index (χ4n) is 3.56. The molecule has 26 heavy (non-hydrogen) atoms. The number of rotatable bonds is 7. The predicted molar refractivity (Wildman–Crippen MR) is 101 cm³/mol. The summed E-state index contributed by atoms with van der Waals surface area (Å²) in [5, 5.41) is 0. The van der Waals surface area contributed by atoms with E-state index in [0.717, 1.165) is 38.0 Å². The number of nitrogens with zero attached hydrogens (tertiary/aromatic N) is 2. The van der Waals surface area contributed by atoms with Gasteiger partial charge in [0.15, 0.2) is 5.78 Å². The van der Waals surface area contributed by atoms with Crippen molar-refractivity contribution in [3.63, 3.8) is 0 Å². The van der Waals surface area contributed by atoms with Gasteiger partial charge in [0.05, 0.1) is 19.8 Å². The van der Waals surface area contributed by atoms with E-state index < -0.39 is 0 Å². The van der Waals surface area contributed by atoms with Crippen LogP contribution in [0.1, 0.15) is 35.2 Å². The van der Waals surface area contributed by atoms with Gasteiger partial charge in [0, 0.05) is 24.7 Å². The monoisotopic (exact) mass is 354 g/mol. The largest absolute Gasteiger partial charge is 0.496 e. The number of aromatic nitrogens is 1. The van der Waals surface area contributed by atoms with Crippen LogP contribution in [0.3, 0.4) is 0 Å². The third-order valence-electron chi connectivity index (χ3n) is 5.03. The second-order valence-electron chi connectivity index (χ2n) is 6.72. The molecule has 0 bridgehead atoms. The molecule has 138 valence electrons. The van der Waals surface area contributed by atoms with Crippen molar-refractivity contribution in [3.8, 4) is 11.6 Å². The van der Waals surface area contributed by atoms with Crippen LogP contribution in [-0.2, 0) is 6.54 Å². The summed E-state index contributed by atoms with van der Waals surface area (Å²) in [5.41, 5.74) is 1.80. The Labute approximate surface area is 155 Å². The van der Waals surface area contributed by atoms with Crippen molar-refractivity contribution >= 4 is 5.78 Å². The van der Waals surface area contributed by atoms with E-state index in [9.17, 15) is 4.79 Å². The Bertz CT molecular complexity index is 740. The maximum atomic E-state index is 12.6. The highest BCUT2D eigenvalue weighted by Gasteiger charge is 2.23. The van der Waals surface area contributed by atoms with Gasteiger partial charge < -0.3 is 9.47 Å². The van der Waals surface area contributed by atoms with Gasteiger partial charge in [-0.25, -0.2) is 4.98 Å². The van der Waals surface area contributed by atoms with Crippen LogP contribution in [0.2, 0.25) is 0 Å². The van der Waals surface area contributed by atoms with Crippen molar-refractivity contribution in [3.05, 3.63) is 53.7 Å². The van der Waals surface area contributed by atoms with E-state index in [1.165, 1.54) is 0 Å². The van der Waals surface area contributed by atoms with Gasteiger partial charge in [0.2, 0.25) is 5.88 Å². The van der Waals surface area contributed by atoms with Crippen molar-refractivity contribution in [2.75, 3.05) is 27.3 Å². The van der Waals surface area contributed by atoms with Crippen molar-refractivity contribution in [1.29, 1.82) is 0 Å². The average Bonchev–Trinajstić information content (AvgIpc) is 2.69. The molecule has 0 amide bonds. The minimum Gasteiger partial charge on any atom is -0.496 e. The molecule has 5 heteroatoms. The van der Waals surface area contributed by atoms with Gasteiger partial charge in [-0.15, -0.1) is 0 Å². The summed E-state index contributed by atoms with van der Waals surface area (Å²) >= 11 is 0. The molecule has 0 unspecified atom stereocenters. The number of carbonyl (C=O) groups is 1. The number of para-hydroxylation sites is 1. The Morgan fingerprint density at radius 3 is 2.62 bits per heavy atom. The van der Waals surface area contributed by atoms with Gasteiger partial charge in [-0.3, -0.25) is 9.69 Å². The first-order valence-corrected chi connectivity index (χ1v) is 9.07. The zero-order chi connectivity index (χ0) is 18.4. The summed E-state index contributed by atoms with van der Waals surface area (Å²) in [7, 11) is 3.26. The second kappa shape index (κ2) is 8.81. The SMILES string of the molecule is COc1ccccc1C(=O)CC1CCN(Cc2cccnc2OC)CC1. The molecule has 2 aromatic rings. The maximum absolute atomic E-state index is 12.6. The van der Waals surface area contributed by atoms with E-state index in [1.807, 2.05) is 30.3 Å². The van der Waals surface area contributed by atoms with Gasteiger partial charge >= 0.3 is 0 Å². The lowest BCUT2D eigenvalue weighted by Crippen LogP contribution is -2.34. The van der Waals surface area contributed by atoms with Crippen molar-refractivity contribution in [2.24, 2.45) is 5.92 Å². The molecule has 1 saturated heterocycles. The standard InChI is InChI=1S/C21H26N2O3/c1-25-20-8-4-3-7-18(20)19(24)14-16-9-12-23(13-10-16)15-17-6-5-11-22-21(17)26-2/h3-8,11,16H,9-10,12-15H2,1-2H3. The first kappa shape index (κ1) is 18.4. The molecule has 1 fully saturated rings. The molecule has 0 N–H and O–H groups in total. The summed E-state index contributed by atoms with van der Waals surface area (Å²) < 4.78 is 10.7. The minimum atomic E-state index is 0.176. The van der Waals surface area contributed by atoms with Gasteiger partial charge in [-0.05, 0) is 50.0 Å². The van der Waals surface area contributed by atoms with Crippen LogP contribution in [0, 0.1) is 5.92 Å². The summed E-state index contributed by atoms with van der Waals surface area (Å²) in [4.78, 5) is 19.3. The first-order valence-electron chi connectivity index (χ1n) is 9.07. The number of carbonyl (C=O) groups excluding carboxylic acids is 1. The molecule has 0 atom stereocenters. The Morgan fingerprint density at radius 2 is 1.88 bits per heavy atom. The summed E-state index contributed by atoms with van der Waals surface area (Å²) in [6, 6.07) is 11.5. The van der Waals surface area contributed by atoms with Gasteiger partial charge in [-0.2, -0.15) is 0 Å². The van der Waals surface area contributed by atoms with E-state index in [1.54, 1.807) is 20.4 Å². The summed E-state index contributed by atoms with van der Waals surface area (Å²) in [6.45, 7) is 2.81. The fraction of sp³-hybridized carbons (Fsp3) is 0.429. The molecule has 3 rings (SSSR count). The quantitative estimate of drug-likeness (QED) is 0.711. The zero-order valence-electron chi connectivity index (χ0n) is 15.5. The van der Waals surface area contributed by atoms with Crippen LogP contribution in [0.5, 0.6) is 11.6 Å². The van der Waals surface area contributed by atoms with Crippen LogP contribution in [0.15, 0.2) is 42.6 Å². The Hall–Kier alpha value is -2.40. The zero-order valence-corrected chi connectivity index (χ0v) is 15.5. The second-order valence-corrected chi connectivity index (χ2v) is 6.72. The van der Waals surface area contributed by atoms with Gasteiger partial charge in [-0.1, -0.05) is 18.2 Å². The van der Waals surface area contributed by atoms with E-state index in [2.05, 4.69) is 16.0 Å². The lowest BCUT2D eigenvalue weighted by molar-refractivity contribution is 0.0921. The summed E-state index contributed by atoms with van der Waals surface area (Å²) in [6.07, 6.45) is 4.40. The lowest BCUT2D eigenvalue weighted by atomic mass is 9.89. The molecule has 0 saturated carbocycles. The van der Waals surface area contributed by atoms with Crippen LogP contribution in [-0.4, -0.2) is 43.0 Å². The molecule has 5 nitrogen and oxygen atoms in total. The highest BCUT2D eigenvalue weighted by molar-refractivity contribution is 5.98. The molecule has 0 aliphatic carbocycles. The summed E-state index contributed by atoms with van der Waals surface area (Å²) in [5.74, 6) is 1.97. The van der Waals surface area contributed by atoms with E-state index >= 15 is 0 Å². The number of piperidine rings is 1. The molecule has 0 radical (unpaired) electrons. The highest BCUT2D eigenvalue weighted by Crippen LogP contribution is 2.27. The maximum Gasteiger partial charge on any atom is 0.217 e. The molecule has 0 spiro atoms. The smallest absolute Gasteiger partial charge is 0.217 e. The molecule has 1 aliphatic rings. The number of Topliss-reactive ketones (excluding diaryl/α,β-unsaturated/α-hetero) is 1. The topological polar surface area (TPSA) is 51.7 Å². The molecule has 1 aromatic carbocycles. The number of likely N-dealkylation sites (tertiary alicyclic amines) is 1. The number of ether oxygens (including phenoxy) is 2. The normalized spacial score (nSPS) is 15.6. The third-order valence-corrected chi connectivity index (χ3v) is 5.03. The number of methoxy groups -OCH3 is 2. The number of hydrogen-bond donors (Lipinski definition) is 0. The molecule has 1 aromatic heterocycles. The minimum absolute atomic E-state index is 0.176. The van der Waals surface area contributed by atoms with Crippen LogP contribution in [0.4, 0.5) is 0 Å². The Balaban J connectivity index is 1.53. The number of pyridine rings is 1. The molecule has 2 heterocycles. The fourth-order valence-corrected chi connectivity index (χ4v) is 3.56. The van der Waals surface area contributed by atoms with Crippen molar-refractivity contribution in [2.45, 2.75) is 25.8 Å². The van der Waals surface area contributed by atoms with E-state index in [4.69, 9.17) is 9.47 Å². The molecule has 1 aliphatic heterocycles. The number of ketones is 1. The van der Waals surface area contributed by atoms with E-state index in [-0.39, 0.29) is 5.78 Å². The molecular weight excluding hydrogens is 328 g/mol. The lowest BCUT2D eigenvalue weighted by Gasteiger charge is -2.31. The Morgan fingerprint density at radius 1 is 1.12 bits per heavy atom. The van der Waals surface area contributed by atoms with Crippen molar-refractivity contribution in [1.82, 2.24) is 9.88 Å². The number of benzene rings is 1.